The average Bonchev–Trinajstić information content (AvgIpc) is 2.73. The molecule has 27 heavy (non-hydrogen) atoms. The molecule has 1 aliphatic rings. The van der Waals surface area contributed by atoms with Crippen molar-refractivity contribution in [3.63, 3.8) is 0 Å². The number of amides is 2. The molecule has 1 atom stereocenters. The zero-order valence-corrected chi connectivity index (χ0v) is 14.7. The van der Waals surface area contributed by atoms with Gasteiger partial charge < -0.3 is 15.5 Å². The van der Waals surface area contributed by atoms with Crippen LogP contribution in [0.25, 0.3) is 0 Å². The second kappa shape index (κ2) is 7.96. The lowest BCUT2D eigenvalue weighted by molar-refractivity contribution is -0.384. The topological polar surface area (TPSA) is 110 Å². The van der Waals surface area contributed by atoms with Gasteiger partial charge in [0.25, 0.3) is 11.6 Å². The highest BCUT2D eigenvalue weighted by atomic mass is 16.6. The van der Waals surface area contributed by atoms with Crippen molar-refractivity contribution in [3.8, 4) is 0 Å². The fourth-order valence-electron chi connectivity index (χ4n) is 3.04. The Kier molecular flexibility index (Phi) is 5.46. The van der Waals surface area contributed by atoms with Gasteiger partial charge in [0.15, 0.2) is 0 Å². The summed E-state index contributed by atoms with van der Waals surface area (Å²) in [6.07, 6.45) is 0. The summed E-state index contributed by atoms with van der Waals surface area (Å²) in [6, 6.07) is 14.0. The van der Waals surface area contributed by atoms with Gasteiger partial charge in [-0.2, -0.15) is 0 Å². The number of carbonyl (C=O) groups is 2. The lowest BCUT2D eigenvalue weighted by Crippen LogP contribution is -2.52. The highest BCUT2D eigenvalue weighted by molar-refractivity contribution is 5.94. The Morgan fingerprint density at radius 3 is 2.04 bits per heavy atom. The number of hydrogen-bond donors (Lipinski definition) is 1. The summed E-state index contributed by atoms with van der Waals surface area (Å²) in [5, 5.41) is 10.7. The molecule has 1 fully saturated rings. The molecule has 0 bridgehead atoms. The number of piperazine rings is 1. The number of hydrogen-bond acceptors (Lipinski definition) is 5. The van der Waals surface area contributed by atoms with Crippen LogP contribution in [-0.4, -0.2) is 52.7 Å². The summed E-state index contributed by atoms with van der Waals surface area (Å²) in [5.41, 5.74) is 7.15. The van der Waals surface area contributed by atoms with Gasteiger partial charge >= 0.3 is 0 Å². The molecule has 0 aromatic heterocycles. The van der Waals surface area contributed by atoms with E-state index in [1.165, 1.54) is 24.3 Å². The molecule has 0 aliphatic carbocycles. The van der Waals surface area contributed by atoms with Crippen LogP contribution in [-0.2, 0) is 4.79 Å². The first-order valence-corrected chi connectivity index (χ1v) is 8.60. The third kappa shape index (κ3) is 4.12. The van der Waals surface area contributed by atoms with Gasteiger partial charge in [0.05, 0.1) is 4.92 Å². The maximum Gasteiger partial charge on any atom is 0.269 e. The van der Waals surface area contributed by atoms with E-state index in [0.29, 0.717) is 31.7 Å². The fourth-order valence-corrected chi connectivity index (χ4v) is 3.04. The fraction of sp³-hybridized carbons (Fsp3) is 0.263. The molecule has 2 N–H and O–H groups in total. The molecular weight excluding hydrogens is 348 g/mol. The minimum Gasteiger partial charge on any atom is -0.337 e. The third-order valence-electron chi connectivity index (χ3n) is 4.63. The molecule has 0 saturated carbocycles. The molecule has 2 amide bonds. The molecule has 0 spiro atoms. The van der Waals surface area contributed by atoms with Gasteiger partial charge in [-0.3, -0.25) is 19.7 Å². The van der Waals surface area contributed by atoms with Crippen LogP contribution in [0.5, 0.6) is 0 Å². The van der Waals surface area contributed by atoms with Crippen LogP contribution in [0, 0.1) is 10.1 Å². The van der Waals surface area contributed by atoms with E-state index in [2.05, 4.69) is 0 Å². The predicted octanol–water partition coefficient (Wildman–Crippen LogP) is 1.58. The summed E-state index contributed by atoms with van der Waals surface area (Å²) in [7, 11) is 0. The molecule has 0 radical (unpaired) electrons. The van der Waals surface area contributed by atoms with Crippen molar-refractivity contribution in [3.05, 3.63) is 75.8 Å². The second-order valence-electron chi connectivity index (χ2n) is 6.31. The zero-order valence-electron chi connectivity index (χ0n) is 14.7. The predicted molar refractivity (Wildman–Crippen MR) is 99.0 cm³/mol. The van der Waals surface area contributed by atoms with Crippen LogP contribution in [0.2, 0.25) is 0 Å². The molecule has 1 aliphatic heterocycles. The first kappa shape index (κ1) is 18.5. The molecular formula is C19H20N4O4. The highest BCUT2D eigenvalue weighted by Crippen LogP contribution is 2.17. The Bertz CT molecular complexity index is 831. The van der Waals surface area contributed by atoms with Crippen LogP contribution >= 0.6 is 0 Å². The van der Waals surface area contributed by atoms with Gasteiger partial charge in [-0.25, -0.2) is 0 Å². The molecule has 1 unspecified atom stereocenters. The van der Waals surface area contributed by atoms with Crippen molar-refractivity contribution in [2.24, 2.45) is 5.73 Å². The van der Waals surface area contributed by atoms with Crippen molar-refractivity contribution < 1.29 is 14.5 Å². The minimum absolute atomic E-state index is 0.0585. The summed E-state index contributed by atoms with van der Waals surface area (Å²) in [5.74, 6) is -0.368. The number of nitro benzene ring substituents is 1. The molecule has 2 aromatic rings. The molecule has 1 heterocycles. The first-order chi connectivity index (χ1) is 13.0. The lowest BCUT2D eigenvalue weighted by atomic mass is 10.1. The van der Waals surface area contributed by atoms with E-state index in [1.54, 1.807) is 9.80 Å². The number of nitro groups is 1. The van der Waals surface area contributed by atoms with E-state index in [-0.39, 0.29) is 17.5 Å². The summed E-state index contributed by atoms with van der Waals surface area (Å²) >= 11 is 0. The number of non-ortho nitro benzene ring substituents is 1. The number of carbonyl (C=O) groups excluding carboxylic acids is 2. The quantitative estimate of drug-likeness (QED) is 0.651. The van der Waals surface area contributed by atoms with Crippen molar-refractivity contribution in [2.45, 2.75) is 6.04 Å². The summed E-state index contributed by atoms with van der Waals surface area (Å²) < 4.78 is 0. The van der Waals surface area contributed by atoms with Crippen molar-refractivity contribution >= 4 is 17.5 Å². The van der Waals surface area contributed by atoms with E-state index in [4.69, 9.17) is 5.73 Å². The SMILES string of the molecule is NC(C(=O)N1CCN(C(=O)c2ccc([N+](=O)[O-])cc2)CC1)c1ccccc1. The maximum absolute atomic E-state index is 12.6. The van der Waals surface area contributed by atoms with Gasteiger partial charge in [0.2, 0.25) is 5.91 Å². The van der Waals surface area contributed by atoms with Crippen LogP contribution in [0.4, 0.5) is 5.69 Å². The van der Waals surface area contributed by atoms with Gasteiger partial charge in [0.1, 0.15) is 6.04 Å². The Morgan fingerprint density at radius 1 is 0.926 bits per heavy atom. The normalized spacial score (nSPS) is 15.3. The van der Waals surface area contributed by atoms with Crippen molar-refractivity contribution in [1.29, 1.82) is 0 Å². The smallest absolute Gasteiger partial charge is 0.269 e. The Balaban J connectivity index is 1.59. The number of benzene rings is 2. The Hall–Kier alpha value is -3.26. The van der Waals surface area contributed by atoms with Gasteiger partial charge in [0, 0.05) is 43.9 Å². The molecule has 8 heteroatoms. The number of rotatable bonds is 4. The van der Waals surface area contributed by atoms with Crippen molar-refractivity contribution in [2.75, 3.05) is 26.2 Å². The van der Waals surface area contributed by atoms with E-state index in [0.717, 1.165) is 5.56 Å². The molecule has 140 valence electrons. The van der Waals surface area contributed by atoms with Crippen molar-refractivity contribution in [1.82, 2.24) is 9.80 Å². The Labute approximate surface area is 156 Å². The van der Waals surface area contributed by atoms with E-state index < -0.39 is 11.0 Å². The minimum atomic E-state index is -0.719. The zero-order chi connectivity index (χ0) is 19.4. The van der Waals surface area contributed by atoms with Gasteiger partial charge in [-0.1, -0.05) is 30.3 Å². The largest absolute Gasteiger partial charge is 0.337 e. The maximum atomic E-state index is 12.6. The van der Waals surface area contributed by atoms with Crippen LogP contribution in [0.15, 0.2) is 54.6 Å². The van der Waals surface area contributed by atoms with E-state index >= 15 is 0 Å². The third-order valence-corrected chi connectivity index (χ3v) is 4.63. The number of nitrogens with two attached hydrogens (primary N) is 1. The summed E-state index contributed by atoms with van der Waals surface area (Å²) in [6.45, 7) is 1.59. The van der Waals surface area contributed by atoms with Crippen LogP contribution in [0.1, 0.15) is 22.0 Å². The van der Waals surface area contributed by atoms with E-state index in [1.807, 2.05) is 30.3 Å². The average molecular weight is 368 g/mol. The number of nitrogens with zero attached hydrogens (tertiary/aromatic N) is 3. The summed E-state index contributed by atoms with van der Waals surface area (Å²) in [4.78, 5) is 38.6. The van der Waals surface area contributed by atoms with E-state index in [9.17, 15) is 19.7 Å². The Morgan fingerprint density at radius 2 is 1.48 bits per heavy atom. The molecule has 3 rings (SSSR count). The first-order valence-electron chi connectivity index (χ1n) is 8.60. The highest BCUT2D eigenvalue weighted by Gasteiger charge is 2.28. The monoisotopic (exact) mass is 368 g/mol. The van der Waals surface area contributed by atoms with Crippen LogP contribution in [0.3, 0.4) is 0 Å². The van der Waals surface area contributed by atoms with Crippen LogP contribution < -0.4 is 5.73 Å². The van der Waals surface area contributed by atoms with Gasteiger partial charge in [-0.15, -0.1) is 0 Å². The second-order valence-corrected chi connectivity index (χ2v) is 6.31. The molecule has 8 nitrogen and oxygen atoms in total. The molecule has 1 saturated heterocycles. The standard InChI is InChI=1S/C19H20N4O4/c20-17(14-4-2-1-3-5-14)19(25)22-12-10-21(11-13-22)18(24)15-6-8-16(9-7-15)23(26)27/h1-9,17H,10-13,20H2. The lowest BCUT2D eigenvalue weighted by Gasteiger charge is -2.36. The van der Waals surface area contributed by atoms with Gasteiger partial charge in [-0.05, 0) is 17.7 Å². The molecule has 2 aromatic carbocycles.